The highest BCUT2D eigenvalue weighted by molar-refractivity contribution is 5.88. The lowest BCUT2D eigenvalue weighted by Gasteiger charge is -2.06. The van der Waals surface area contributed by atoms with Crippen LogP contribution in [0, 0.1) is 24.0 Å². The van der Waals surface area contributed by atoms with E-state index in [0.717, 1.165) is 16.7 Å². The van der Waals surface area contributed by atoms with E-state index in [0.29, 0.717) is 11.5 Å². The fourth-order valence-electron chi connectivity index (χ4n) is 2.64. The van der Waals surface area contributed by atoms with Gasteiger partial charge in [0, 0.05) is 0 Å². The molecule has 1 aliphatic rings. The fourth-order valence-corrected chi connectivity index (χ4v) is 2.64. The van der Waals surface area contributed by atoms with Crippen molar-refractivity contribution in [3.63, 3.8) is 0 Å². The number of hydrogen-bond donors (Lipinski definition) is 1. The number of nitro groups is 1. The van der Waals surface area contributed by atoms with E-state index in [4.69, 9.17) is 9.47 Å². The summed E-state index contributed by atoms with van der Waals surface area (Å²) in [6.07, 6.45) is 1.40. The van der Waals surface area contributed by atoms with Gasteiger partial charge in [0.05, 0.1) is 29.2 Å². The maximum Gasteiger partial charge on any atom is 0.282 e. The van der Waals surface area contributed by atoms with Gasteiger partial charge in [-0.05, 0) is 31.0 Å². The van der Waals surface area contributed by atoms with Crippen LogP contribution in [0.5, 0.6) is 11.5 Å². The second kappa shape index (κ2) is 7.22. The summed E-state index contributed by atoms with van der Waals surface area (Å²) in [6, 6.07) is 8.58. The minimum Gasteiger partial charge on any atom is -0.454 e. The summed E-state index contributed by atoms with van der Waals surface area (Å²) in [7, 11) is 0. The number of hydrazone groups is 1. The van der Waals surface area contributed by atoms with Crippen LogP contribution < -0.4 is 14.9 Å². The van der Waals surface area contributed by atoms with Crippen molar-refractivity contribution in [2.24, 2.45) is 5.10 Å². The number of rotatable bonds is 5. The second-order valence-electron chi connectivity index (χ2n) is 5.92. The Bertz CT molecular complexity index is 908. The molecule has 1 amide bonds. The van der Waals surface area contributed by atoms with Crippen molar-refractivity contribution in [1.29, 1.82) is 0 Å². The molecule has 0 bridgehead atoms. The van der Waals surface area contributed by atoms with Crippen LogP contribution in [0.1, 0.15) is 22.3 Å². The first-order chi connectivity index (χ1) is 12.4. The molecule has 2 aromatic rings. The van der Waals surface area contributed by atoms with Gasteiger partial charge in [0.1, 0.15) is 0 Å². The Balaban J connectivity index is 1.70. The van der Waals surface area contributed by atoms with E-state index in [1.807, 2.05) is 32.0 Å². The third-order valence-corrected chi connectivity index (χ3v) is 3.96. The molecule has 0 fully saturated rings. The van der Waals surface area contributed by atoms with Crippen LogP contribution in [0.3, 0.4) is 0 Å². The minimum atomic E-state index is -0.541. The van der Waals surface area contributed by atoms with Gasteiger partial charge in [0.25, 0.3) is 5.69 Å². The fraction of sp³-hybridized carbons (Fsp3) is 0.222. The highest BCUT2D eigenvalue weighted by atomic mass is 16.7. The molecule has 3 rings (SSSR count). The quantitative estimate of drug-likeness (QED) is 0.504. The van der Waals surface area contributed by atoms with Crippen molar-refractivity contribution in [3.05, 3.63) is 62.7 Å². The third kappa shape index (κ3) is 3.80. The van der Waals surface area contributed by atoms with Gasteiger partial charge >= 0.3 is 0 Å². The van der Waals surface area contributed by atoms with Gasteiger partial charge in [0.2, 0.25) is 12.7 Å². The summed E-state index contributed by atoms with van der Waals surface area (Å²) >= 11 is 0. The molecule has 0 unspecified atom stereocenters. The molecule has 0 aromatic heterocycles. The predicted molar refractivity (Wildman–Crippen MR) is 94.6 cm³/mol. The van der Waals surface area contributed by atoms with E-state index < -0.39 is 4.92 Å². The minimum absolute atomic E-state index is 0.0136. The number of aryl methyl sites for hydroxylation is 2. The predicted octanol–water partition coefficient (Wildman–Crippen LogP) is 2.63. The molecule has 1 N–H and O–H groups in total. The zero-order chi connectivity index (χ0) is 18.7. The van der Waals surface area contributed by atoms with Crippen molar-refractivity contribution in [2.75, 3.05) is 6.79 Å². The summed E-state index contributed by atoms with van der Waals surface area (Å²) in [5, 5.41) is 15.0. The van der Waals surface area contributed by atoms with Gasteiger partial charge in [-0.15, -0.1) is 0 Å². The second-order valence-corrected chi connectivity index (χ2v) is 5.92. The third-order valence-electron chi connectivity index (χ3n) is 3.96. The van der Waals surface area contributed by atoms with Gasteiger partial charge < -0.3 is 9.47 Å². The van der Waals surface area contributed by atoms with Gasteiger partial charge in [-0.25, -0.2) is 5.43 Å². The van der Waals surface area contributed by atoms with Crippen molar-refractivity contribution in [1.82, 2.24) is 5.43 Å². The molecule has 134 valence electrons. The van der Waals surface area contributed by atoms with E-state index >= 15 is 0 Å². The van der Waals surface area contributed by atoms with Crippen molar-refractivity contribution < 1.29 is 19.2 Å². The number of carbonyl (C=O) groups excluding carboxylic acids is 1. The average Bonchev–Trinajstić information content (AvgIpc) is 3.04. The number of fused-ring (bicyclic) bond motifs is 1. The van der Waals surface area contributed by atoms with Gasteiger partial charge in [0.15, 0.2) is 11.5 Å². The number of benzene rings is 2. The van der Waals surface area contributed by atoms with E-state index in [-0.39, 0.29) is 30.4 Å². The van der Waals surface area contributed by atoms with Gasteiger partial charge in [-0.3, -0.25) is 14.9 Å². The Hall–Kier alpha value is -3.42. The monoisotopic (exact) mass is 355 g/mol. The molecule has 1 heterocycles. The Morgan fingerprint density at radius 3 is 2.69 bits per heavy atom. The van der Waals surface area contributed by atoms with E-state index in [1.165, 1.54) is 18.3 Å². The van der Waals surface area contributed by atoms with Gasteiger partial charge in [-0.2, -0.15) is 5.10 Å². The van der Waals surface area contributed by atoms with E-state index in [2.05, 4.69) is 10.5 Å². The SMILES string of the molecule is Cc1ccc(CC(=O)N/N=C\c2cc3c(cc2[N+](=O)[O-])OCO3)c(C)c1. The molecule has 2 aromatic carbocycles. The molecule has 0 radical (unpaired) electrons. The molecule has 0 spiro atoms. The van der Waals surface area contributed by atoms with Gasteiger partial charge in [-0.1, -0.05) is 23.8 Å². The molecular formula is C18H17N3O5. The van der Waals surface area contributed by atoms with Crippen LogP contribution in [0.15, 0.2) is 35.4 Å². The van der Waals surface area contributed by atoms with E-state index in [9.17, 15) is 14.9 Å². The Morgan fingerprint density at radius 2 is 2.00 bits per heavy atom. The number of nitro benzene ring substituents is 1. The standard InChI is InChI=1S/C18H17N3O5/c1-11-3-4-13(12(2)5-11)7-18(22)20-19-9-14-6-16-17(26-10-25-16)8-15(14)21(23)24/h3-6,8-9H,7,10H2,1-2H3,(H,20,22)/b19-9-. The van der Waals surface area contributed by atoms with Crippen LogP contribution in [0.25, 0.3) is 0 Å². The van der Waals surface area contributed by atoms with Crippen LogP contribution >= 0.6 is 0 Å². The lowest BCUT2D eigenvalue weighted by Crippen LogP contribution is -2.20. The number of ether oxygens (including phenoxy) is 2. The maximum absolute atomic E-state index is 12.0. The zero-order valence-corrected chi connectivity index (χ0v) is 14.3. The number of nitrogens with zero attached hydrogens (tertiary/aromatic N) is 2. The Labute approximate surface area is 149 Å². The van der Waals surface area contributed by atoms with Crippen LogP contribution in [-0.4, -0.2) is 23.8 Å². The summed E-state index contributed by atoms with van der Waals surface area (Å²) in [5.41, 5.74) is 5.47. The molecular weight excluding hydrogens is 338 g/mol. The summed E-state index contributed by atoms with van der Waals surface area (Å²) in [4.78, 5) is 22.7. The number of carbonyl (C=O) groups is 1. The maximum atomic E-state index is 12.0. The lowest BCUT2D eigenvalue weighted by molar-refractivity contribution is -0.385. The lowest BCUT2D eigenvalue weighted by atomic mass is 10.0. The van der Waals surface area contributed by atoms with Crippen molar-refractivity contribution in [2.45, 2.75) is 20.3 Å². The zero-order valence-electron chi connectivity index (χ0n) is 14.3. The number of nitrogens with one attached hydrogen (secondary N) is 1. The molecule has 0 atom stereocenters. The number of hydrogen-bond acceptors (Lipinski definition) is 6. The largest absolute Gasteiger partial charge is 0.454 e. The normalized spacial score (nSPS) is 12.4. The summed E-state index contributed by atoms with van der Waals surface area (Å²) in [5.74, 6) is 0.406. The Kier molecular flexibility index (Phi) is 4.83. The molecule has 0 saturated carbocycles. The highest BCUT2D eigenvalue weighted by Crippen LogP contribution is 2.37. The highest BCUT2D eigenvalue weighted by Gasteiger charge is 2.22. The van der Waals surface area contributed by atoms with Crippen molar-refractivity contribution >= 4 is 17.8 Å². The first-order valence-electron chi connectivity index (χ1n) is 7.90. The smallest absolute Gasteiger partial charge is 0.282 e. The van der Waals surface area contributed by atoms with Crippen LogP contribution in [-0.2, 0) is 11.2 Å². The molecule has 0 saturated heterocycles. The molecule has 0 aliphatic carbocycles. The van der Waals surface area contributed by atoms with E-state index in [1.54, 1.807) is 0 Å². The summed E-state index contributed by atoms with van der Waals surface area (Å²) in [6.45, 7) is 3.94. The summed E-state index contributed by atoms with van der Waals surface area (Å²) < 4.78 is 10.3. The number of amides is 1. The first-order valence-corrected chi connectivity index (χ1v) is 7.90. The molecule has 26 heavy (non-hydrogen) atoms. The van der Waals surface area contributed by atoms with Crippen molar-refractivity contribution in [3.8, 4) is 11.5 Å². The molecule has 1 aliphatic heterocycles. The topological polar surface area (TPSA) is 103 Å². The first kappa shape index (κ1) is 17.4. The molecule has 8 nitrogen and oxygen atoms in total. The Morgan fingerprint density at radius 1 is 1.27 bits per heavy atom. The van der Waals surface area contributed by atoms with Crippen LogP contribution in [0.4, 0.5) is 5.69 Å². The average molecular weight is 355 g/mol. The molecule has 8 heteroatoms. The van der Waals surface area contributed by atoms with Crippen LogP contribution in [0.2, 0.25) is 0 Å².